The molecule has 0 bridgehead atoms. The second-order valence-electron chi connectivity index (χ2n) is 1.79. The van der Waals surface area contributed by atoms with Crippen molar-refractivity contribution in [2.24, 2.45) is 0 Å². The number of nitrogens with one attached hydrogen (secondary N) is 1. The van der Waals surface area contributed by atoms with Crippen molar-refractivity contribution in [2.45, 2.75) is 19.8 Å². The van der Waals surface area contributed by atoms with Crippen molar-refractivity contribution in [1.29, 1.82) is 5.26 Å². The molecular formula is C8H12N2. The van der Waals surface area contributed by atoms with Gasteiger partial charge in [0.25, 0.3) is 0 Å². The maximum atomic E-state index is 7.82. The summed E-state index contributed by atoms with van der Waals surface area (Å²) in [5, 5.41) is 7.82. The summed E-state index contributed by atoms with van der Waals surface area (Å²) in [6, 6.07) is 5.91. The highest BCUT2D eigenvalue weighted by atomic mass is 14.6. The Morgan fingerprint density at radius 3 is 2.10 bits per heavy atom. The van der Waals surface area contributed by atoms with E-state index in [1.54, 1.807) is 0 Å². The molecule has 0 amide bonds. The number of nitrogens with zero attached hydrogens (tertiary/aromatic N) is 1. The number of hydrogen-bond acceptors (Lipinski definition) is 1. The zero-order chi connectivity index (χ0) is 7.66. The van der Waals surface area contributed by atoms with Crippen LogP contribution in [-0.4, -0.2) is 4.98 Å². The van der Waals surface area contributed by atoms with Gasteiger partial charge in [-0.15, -0.1) is 0 Å². The molecule has 0 aliphatic heterocycles. The molecule has 0 atom stereocenters. The van der Waals surface area contributed by atoms with Crippen molar-refractivity contribution >= 4 is 0 Å². The Morgan fingerprint density at radius 2 is 2.00 bits per heavy atom. The summed E-state index contributed by atoms with van der Waals surface area (Å²) in [6.45, 7) is 1.99. The lowest BCUT2D eigenvalue weighted by molar-refractivity contribution is 0.969. The van der Waals surface area contributed by atoms with Crippen LogP contribution in [0.15, 0.2) is 24.5 Å². The first kappa shape index (κ1) is 8.77. The van der Waals surface area contributed by atoms with Gasteiger partial charge in [-0.1, -0.05) is 6.92 Å². The van der Waals surface area contributed by atoms with E-state index in [-0.39, 0.29) is 0 Å². The van der Waals surface area contributed by atoms with E-state index in [1.807, 2.05) is 37.5 Å². The van der Waals surface area contributed by atoms with Crippen LogP contribution in [0.5, 0.6) is 0 Å². The van der Waals surface area contributed by atoms with Crippen LogP contribution >= 0.6 is 0 Å². The number of aromatic amines is 1. The minimum absolute atomic E-state index is 0.694. The van der Waals surface area contributed by atoms with Gasteiger partial charge in [-0.3, -0.25) is 0 Å². The summed E-state index contributed by atoms with van der Waals surface area (Å²) in [5.41, 5.74) is 0. The summed E-state index contributed by atoms with van der Waals surface area (Å²) in [7, 11) is 0. The van der Waals surface area contributed by atoms with Crippen LogP contribution in [0.2, 0.25) is 0 Å². The van der Waals surface area contributed by atoms with Crippen molar-refractivity contribution in [1.82, 2.24) is 4.98 Å². The quantitative estimate of drug-likeness (QED) is 0.632. The van der Waals surface area contributed by atoms with Crippen LogP contribution < -0.4 is 0 Å². The molecule has 0 fully saturated rings. The van der Waals surface area contributed by atoms with Gasteiger partial charge in [0.2, 0.25) is 0 Å². The van der Waals surface area contributed by atoms with E-state index < -0.39 is 0 Å². The smallest absolute Gasteiger partial charge is 0.0621 e. The number of hydrogen-bond donors (Lipinski definition) is 1. The number of H-pyrrole nitrogens is 1. The van der Waals surface area contributed by atoms with Crippen LogP contribution in [-0.2, 0) is 0 Å². The van der Waals surface area contributed by atoms with E-state index in [0.717, 1.165) is 6.42 Å². The fourth-order valence-corrected chi connectivity index (χ4v) is 0.390. The molecule has 1 heterocycles. The Hall–Kier alpha value is -1.23. The molecule has 1 N–H and O–H groups in total. The molecule has 2 nitrogen and oxygen atoms in total. The molecule has 1 rings (SSSR count). The van der Waals surface area contributed by atoms with Gasteiger partial charge in [0.15, 0.2) is 0 Å². The average molecular weight is 136 g/mol. The Labute approximate surface area is 61.5 Å². The zero-order valence-electron chi connectivity index (χ0n) is 6.17. The third-order valence-corrected chi connectivity index (χ3v) is 0.858. The fraction of sp³-hybridized carbons (Fsp3) is 0.375. The number of nitriles is 1. The second kappa shape index (κ2) is 7.77. The van der Waals surface area contributed by atoms with E-state index in [4.69, 9.17) is 5.26 Å². The van der Waals surface area contributed by atoms with Gasteiger partial charge in [-0.05, 0) is 18.6 Å². The zero-order valence-corrected chi connectivity index (χ0v) is 6.17. The summed E-state index contributed by atoms with van der Waals surface area (Å²) in [5.74, 6) is 0. The molecule has 0 saturated heterocycles. The first-order chi connectivity index (χ1) is 4.91. The predicted octanol–water partition coefficient (Wildman–Crippen LogP) is 2.32. The monoisotopic (exact) mass is 136 g/mol. The molecular weight excluding hydrogens is 124 g/mol. The van der Waals surface area contributed by atoms with Gasteiger partial charge in [-0.2, -0.15) is 5.26 Å². The molecule has 0 aromatic carbocycles. The van der Waals surface area contributed by atoms with E-state index in [9.17, 15) is 0 Å². The molecule has 54 valence electrons. The molecule has 0 saturated carbocycles. The van der Waals surface area contributed by atoms with Crippen LogP contribution in [0.4, 0.5) is 0 Å². The molecule has 10 heavy (non-hydrogen) atoms. The highest BCUT2D eigenvalue weighted by molar-refractivity contribution is 4.84. The van der Waals surface area contributed by atoms with E-state index in [0.29, 0.717) is 6.42 Å². The topological polar surface area (TPSA) is 39.6 Å². The Bertz CT molecular complexity index is 143. The highest BCUT2D eigenvalue weighted by Crippen LogP contribution is 1.77. The van der Waals surface area contributed by atoms with Crippen LogP contribution in [0.3, 0.4) is 0 Å². The minimum Gasteiger partial charge on any atom is -0.368 e. The molecule has 0 radical (unpaired) electrons. The number of aromatic nitrogens is 1. The molecule has 1 aromatic heterocycles. The maximum absolute atomic E-state index is 7.82. The maximum Gasteiger partial charge on any atom is 0.0621 e. The van der Waals surface area contributed by atoms with Crippen molar-refractivity contribution < 1.29 is 0 Å². The van der Waals surface area contributed by atoms with Crippen molar-refractivity contribution in [3.63, 3.8) is 0 Å². The van der Waals surface area contributed by atoms with Gasteiger partial charge in [0, 0.05) is 18.8 Å². The number of unbranched alkanes of at least 4 members (excludes halogenated alkanes) is 1. The summed E-state index contributed by atoms with van der Waals surface area (Å²) >= 11 is 0. The van der Waals surface area contributed by atoms with E-state index >= 15 is 0 Å². The first-order valence-corrected chi connectivity index (χ1v) is 3.36. The largest absolute Gasteiger partial charge is 0.368 e. The van der Waals surface area contributed by atoms with Gasteiger partial charge in [0.05, 0.1) is 6.07 Å². The summed E-state index contributed by atoms with van der Waals surface area (Å²) < 4.78 is 0. The van der Waals surface area contributed by atoms with Crippen LogP contribution in [0.1, 0.15) is 19.8 Å². The summed E-state index contributed by atoms with van der Waals surface area (Å²) in [4.78, 5) is 2.86. The van der Waals surface area contributed by atoms with Gasteiger partial charge in [0.1, 0.15) is 0 Å². The predicted molar refractivity (Wildman–Crippen MR) is 41.3 cm³/mol. The van der Waals surface area contributed by atoms with Crippen LogP contribution in [0.25, 0.3) is 0 Å². The standard InChI is InChI=1S/C4H5N.C4H7N/c1-2-4-5-3-1;1-2-3-4-5/h1-5H;2-3H2,1H3. The van der Waals surface area contributed by atoms with Gasteiger partial charge >= 0.3 is 0 Å². The molecule has 1 aromatic rings. The van der Waals surface area contributed by atoms with Crippen LogP contribution in [0, 0.1) is 11.3 Å². The number of rotatable bonds is 1. The molecule has 0 aliphatic rings. The van der Waals surface area contributed by atoms with Gasteiger partial charge in [-0.25, -0.2) is 0 Å². The van der Waals surface area contributed by atoms with Crippen molar-refractivity contribution in [2.75, 3.05) is 0 Å². The van der Waals surface area contributed by atoms with E-state index in [2.05, 4.69) is 4.98 Å². The average Bonchev–Trinajstić information content (AvgIpc) is 2.44. The molecule has 2 heteroatoms. The Morgan fingerprint density at radius 1 is 1.40 bits per heavy atom. The van der Waals surface area contributed by atoms with Crippen molar-refractivity contribution in [3.8, 4) is 6.07 Å². The lowest BCUT2D eigenvalue weighted by Gasteiger charge is -1.65. The molecule has 0 unspecified atom stereocenters. The molecule has 0 spiro atoms. The Kier molecular flexibility index (Phi) is 6.81. The lowest BCUT2D eigenvalue weighted by Crippen LogP contribution is -1.53. The van der Waals surface area contributed by atoms with Gasteiger partial charge < -0.3 is 4.98 Å². The molecule has 0 aliphatic carbocycles. The lowest BCUT2D eigenvalue weighted by atomic mass is 10.4. The van der Waals surface area contributed by atoms with E-state index in [1.165, 1.54) is 0 Å². The summed E-state index contributed by atoms with van der Waals surface area (Å²) in [6.07, 6.45) is 5.43. The second-order valence-corrected chi connectivity index (χ2v) is 1.79. The van der Waals surface area contributed by atoms with Crippen molar-refractivity contribution in [3.05, 3.63) is 24.5 Å². The third kappa shape index (κ3) is 6.77. The Balaban J connectivity index is 0.000000162. The first-order valence-electron chi connectivity index (χ1n) is 3.36. The highest BCUT2D eigenvalue weighted by Gasteiger charge is 1.65. The third-order valence-electron chi connectivity index (χ3n) is 0.858. The SMILES string of the molecule is CCCC#N.c1cc[nH]c1. The normalized spacial score (nSPS) is 7.20. The fourth-order valence-electron chi connectivity index (χ4n) is 0.390. The minimum atomic E-state index is 0.694.